The molecular weight excluding hydrogens is 251 g/mol. The Bertz CT molecular complexity index is 503. The van der Waals surface area contributed by atoms with E-state index in [9.17, 15) is 19.3 Å². The summed E-state index contributed by atoms with van der Waals surface area (Å²) in [7, 11) is 0. The maximum atomic E-state index is 13.2. The molecule has 5 nitrogen and oxygen atoms in total. The van der Waals surface area contributed by atoms with E-state index in [1.165, 1.54) is 12.2 Å². The van der Waals surface area contributed by atoms with Crippen LogP contribution in [0.25, 0.3) is 6.08 Å². The lowest BCUT2D eigenvalue weighted by Gasteiger charge is -1.99. The van der Waals surface area contributed by atoms with E-state index in [0.717, 1.165) is 12.1 Å². The lowest BCUT2D eigenvalue weighted by Crippen LogP contribution is -2.07. The van der Waals surface area contributed by atoms with Crippen LogP contribution in [0.3, 0.4) is 0 Å². The molecule has 0 heterocycles. The van der Waals surface area contributed by atoms with E-state index in [-0.39, 0.29) is 17.0 Å². The number of nitrogens with two attached hydrogens (primary N) is 1. The number of nitro groups is 1. The number of halogens is 2. The van der Waals surface area contributed by atoms with Crippen LogP contribution in [0.2, 0.25) is 5.02 Å². The average molecular weight is 259 g/mol. The van der Waals surface area contributed by atoms with Crippen molar-refractivity contribution < 1.29 is 14.1 Å². The Balaban J connectivity index is 3.03. The van der Waals surface area contributed by atoms with Crippen LogP contribution >= 0.6 is 11.6 Å². The van der Waals surface area contributed by atoms with Gasteiger partial charge >= 0.3 is 5.69 Å². The summed E-state index contributed by atoms with van der Waals surface area (Å²) in [5.74, 6) is -1.53. The zero-order chi connectivity index (χ0) is 13.0. The predicted molar refractivity (Wildman–Crippen MR) is 60.9 cm³/mol. The zero-order valence-corrected chi connectivity index (χ0v) is 9.28. The molecule has 0 aliphatic heterocycles. The number of primary amides is 1. The summed E-state index contributed by atoms with van der Waals surface area (Å²) >= 11 is 5.72. The summed E-state index contributed by atoms with van der Waals surface area (Å²) in [4.78, 5) is 20.0. The van der Waals surface area contributed by atoms with E-state index >= 15 is 0 Å². The van der Waals surface area contributed by atoms with E-state index in [1.807, 2.05) is 0 Å². The first-order valence-electron chi connectivity index (χ1n) is 4.50. The molecule has 17 heavy (non-hydrogen) atoms. The first kappa shape index (κ1) is 13.1. The highest BCUT2D eigenvalue weighted by atomic mass is 35.5. The van der Waals surface area contributed by atoms with Crippen LogP contribution < -0.4 is 5.73 Å². The van der Waals surface area contributed by atoms with Gasteiger partial charge in [0.05, 0.1) is 9.95 Å². The third kappa shape index (κ3) is 3.53. The van der Waals surface area contributed by atoms with Crippen molar-refractivity contribution in [1.82, 2.24) is 0 Å². The molecule has 0 unspecified atom stereocenters. The van der Waals surface area contributed by atoms with Gasteiger partial charge in [0, 0.05) is 12.5 Å². The van der Waals surface area contributed by atoms with Gasteiger partial charge in [-0.05, 0) is 11.6 Å². The van der Waals surface area contributed by atoms with Crippen molar-refractivity contribution in [3.8, 4) is 0 Å². The summed E-state index contributed by atoms with van der Waals surface area (Å²) < 4.78 is 13.2. The number of carbonyl (C=O) groups excluding carboxylic acids is 1. The second-order valence-corrected chi connectivity index (χ2v) is 3.56. The minimum absolute atomic E-state index is 0.0189. The summed E-state index contributed by atoms with van der Waals surface area (Å²) in [5.41, 5.74) is 4.46. The number of hydrogen-bond donors (Lipinski definition) is 1. The first-order valence-corrected chi connectivity index (χ1v) is 4.88. The van der Waals surface area contributed by atoms with Crippen molar-refractivity contribution in [2.24, 2.45) is 5.73 Å². The monoisotopic (exact) mass is 258 g/mol. The molecule has 7 heteroatoms. The summed E-state index contributed by atoms with van der Waals surface area (Å²) in [6.45, 7) is 0. The number of hydrogen-bond acceptors (Lipinski definition) is 3. The van der Waals surface area contributed by atoms with Gasteiger partial charge in [-0.3, -0.25) is 14.9 Å². The van der Waals surface area contributed by atoms with Gasteiger partial charge < -0.3 is 5.73 Å². The maximum absolute atomic E-state index is 13.2. The van der Waals surface area contributed by atoms with Crippen molar-refractivity contribution in [3.05, 3.63) is 44.7 Å². The Hall–Kier alpha value is -1.95. The number of amides is 1. The second kappa shape index (κ2) is 5.40. The third-order valence-electron chi connectivity index (χ3n) is 1.88. The Labute approximate surface area is 101 Å². The van der Waals surface area contributed by atoms with E-state index in [1.54, 1.807) is 0 Å². The minimum atomic E-state index is -0.988. The molecule has 1 rings (SSSR count). The van der Waals surface area contributed by atoms with Crippen molar-refractivity contribution in [3.63, 3.8) is 0 Å². The lowest BCUT2D eigenvalue weighted by molar-refractivity contribution is -0.387. The highest BCUT2D eigenvalue weighted by Gasteiger charge is 2.16. The molecule has 90 valence electrons. The predicted octanol–water partition coefficient (Wildman–Crippen LogP) is 2.28. The zero-order valence-electron chi connectivity index (χ0n) is 8.52. The molecule has 0 bridgehead atoms. The molecule has 0 radical (unpaired) electrons. The molecular formula is C10H8ClFN2O3. The third-order valence-corrected chi connectivity index (χ3v) is 2.21. The van der Waals surface area contributed by atoms with Gasteiger partial charge in [-0.2, -0.15) is 4.39 Å². The molecule has 0 saturated heterocycles. The first-order chi connectivity index (χ1) is 7.91. The molecule has 0 saturated carbocycles. The number of carbonyl (C=O) groups is 1. The van der Waals surface area contributed by atoms with Crippen molar-refractivity contribution in [2.75, 3.05) is 0 Å². The highest BCUT2D eigenvalue weighted by molar-refractivity contribution is 6.32. The van der Waals surface area contributed by atoms with E-state index < -0.39 is 22.3 Å². The molecule has 1 aromatic rings. The van der Waals surface area contributed by atoms with Gasteiger partial charge in [0.15, 0.2) is 0 Å². The summed E-state index contributed by atoms with van der Waals surface area (Å²) in [5, 5.41) is 10.4. The fraction of sp³-hybridized carbons (Fsp3) is 0.100. The maximum Gasteiger partial charge on any atom is 0.306 e. The fourth-order valence-corrected chi connectivity index (χ4v) is 1.34. The van der Waals surface area contributed by atoms with Gasteiger partial charge in [0.1, 0.15) is 0 Å². The summed E-state index contributed by atoms with van der Waals surface area (Å²) in [6.07, 6.45) is 2.75. The van der Waals surface area contributed by atoms with Crippen LogP contribution in [0.4, 0.5) is 10.1 Å². The lowest BCUT2D eigenvalue weighted by atomic mass is 10.1. The Kier molecular flexibility index (Phi) is 4.17. The number of benzene rings is 1. The van der Waals surface area contributed by atoms with Crippen molar-refractivity contribution >= 4 is 29.3 Å². The van der Waals surface area contributed by atoms with Crippen LogP contribution in [0, 0.1) is 15.9 Å². The normalized spacial score (nSPS) is 10.7. The van der Waals surface area contributed by atoms with Gasteiger partial charge in [0.2, 0.25) is 11.7 Å². The van der Waals surface area contributed by atoms with Crippen LogP contribution in [0.15, 0.2) is 18.2 Å². The van der Waals surface area contributed by atoms with Gasteiger partial charge in [-0.25, -0.2) is 0 Å². The molecule has 0 aromatic heterocycles. The quantitative estimate of drug-likeness (QED) is 0.664. The second-order valence-electron chi connectivity index (χ2n) is 3.16. The summed E-state index contributed by atoms with van der Waals surface area (Å²) in [6, 6.07) is 1.85. The Morgan fingerprint density at radius 2 is 2.24 bits per heavy atom. The SMILES string of the molecule is NC(=O)CC=Cc1cc(F)c([N+](=O)[O-])cc1Cl. The number of rotatable bonds is 4. The fourth-order valence-electron chi connectivity index (χ4n) is 1.12. The van der Waals surface area contributed by atoms with Gasteiger partial charge in [0.25, 0.3) is 0 Å². The topological polar surface area (TPSA) is 86.2 Å². The Morgan fingerprint density at radius 1 is 1.59 bits per heavy atom. The molecule has 0 atom stereocenters. The Morgan fingerprint density at radius 3 is 2.76 bits per heavy atom. The van der Waals surface area contributed by atoms with Crippen LogP contribution in [-0.4, -0.2) is 10.8 Å². The smallest absolute Gasteiger partial charge is 0.306 e. The molecule has 2 N–H and O–H groups in total. The minimum Gasteiger partial charge on any atom is -0.369 e. The molecule has 0 spiro atoms. The van der Waals surface area contributed by atoms with Crippen LogP contribution in [-0.2, 0) is 4.79 Å². The average Bonchev–Trinajstić information content (AvgIpc) is 2.21. The molecule has 1 amide bonds. The molecule has 0 fully saturated rings. The standard InChI is InChI=1S/C10H8ClFN2O3/c11-7-5-9(14(16)17)8(12)4-6(7)2-1-3-10(13)15/h1-2,4-5H,3H2,(H2,13,15). The van der Waals surface area contributed by atoms with Gasteiger partial charge in [-0.1, -0.05) is 23.8 Å². The number of nitro benzene ring substituents is 1. The highest BCUT2D eigenvalue weighted by Crippen LogP contribution is 2.26. The van der Waals surface area contributed by atoms with E-state index in [2.05, 4.69) is 0 Å². The van der Waals surface area contributed by atoms with Crippen molar-refractivity contribution in [2.45, 2.75) is 6.42 Å². The van der Waals surface area contributed by atoms with Crippen molar-refractivity contribution in [1.29, 1.82) is 0 Å². The number of nitrogens with zero attached hydrogens (tertiary/aromatic N) is 1. The van der Waals surface area contributed by atoms with E-state index in [0.29, 0.717) is 0 Å². The largest absolute Gasteiger partial charge is 0.369 e. The van der Waals surface area contributed by atoms with E-state index in [4.69, 9.17) is 17.3 Å². The van der Waals surface area contributed by atoms with Gasteiger partial charge in [-0.15, -0.1) is 0 Å². The molecule has 0 aliphatic carbocycles. The molecule has 1 aromatic carbocycles. The molecule has 0 aliphatic rings. The van der Waals surface area contributed by atoms with Crippen LogP contribution in [0.1, 0.15) is 12.0 Å². The van der Waals surface area contributed by atoms with Crippen LogP contribution in [0.5, 0.6) is 0 Å².